The minimum atomic E-state index is -0.786. The Hall–Kier alpha value is -1.63. The summed E-state index contributed by atoms with van der Waals surface area (Å²) in [6.07, 6.45) is 0.312. The number of hydrogen-bond acceptors (Lipinski definition) is 5. The average molecular weight is 258 g/mol. The first-order valence-electron chi connectivity index (χ1n) is 5.94. The number of alkyl carbamates (subject to hydrolysis) is 1. The van der Waals surface area contributed by atoms with Gasteiger partial charge >= 0.3 is 12.1 Å². The molecular formula is C11H18N2O5. The Balaban J connectivity index is 2.26. The van der Waals surface area contributed by atoms with Gasteiger partial charge in [-0.1, -0.05) is 0 Å². The normalized spacial score (nSPS) is 17.2. The van der Waals surface area contributed by atoms with Crippen LogP contribution in [0.1, 0.15) is 19.8 Å². The van der Waals surface area contributed by atoms with Crippen LogP contribution in [0.5, 0.6) is 0 Å². The average Bonchev–Trinajstić information content (AvgIpc) is 2.29. The minimum absolute atomic E-state index is 0.0884. The van der Waals surface area contributed by atoms with Crippen molar-refractivity contribution in [3.8, 4) is 0 Å². The van der Waals surface area contributed by atoms with Crippen LogP contribution in [-0.2, 0) is 14.3 Å². The molecule has 0 radical (unpaired) electrons. The molecule has 1 aliphatic rings. The first-order chi connectivity index (χ1) is 8.52. The van der Waals surface area contributed by atoms with Crippen molar-refractivity contribution >= 4 is 18.0 Å². The van der Waals surface area contributed by atoms with E-state index in [1.165, 1.54) is 0 Å². The van der Waals surface area contributed by atoms with E-state index in [0.717, 1.165) is 0 Å². The molecule has 1 rings (SSSR count). The Morgan fingerprint density at radius 1 is 1.33 bits per heavy atom. The van der Waals surface area contributed by atoms with Crippen molar-refractivity contribution < 1.29 is 24.2 Å². The van der Waals surface area contributed by atoms with E-state index in [1.807, 2.05) is 4.90 Å². The Kier molecular flexibility index (Phi) is 5.57. The number of carboxylic acid groups (broad SMARTS) is 1. The van der Waals surface area contributed by atoms with E-state index in [0.29, 0.717) is 25.9 Å². The molecule has 0 aromatic carbocycles. The maximum absolute atomic E-state index is 11.4. The SMILES string of the molecule is CCOC(=O)NC(=O)CN1CCC(C(=O)O)CC1. The number of hydrogen-bond donors (Lipinski definition) is 2. The van der Waals surface area contributed by atoms with E-state index < -0.39 is 18.0 Å². The quantitative estimate of drug-likeness (QED) is 0.740. The summed E-state index contributed by atoms with van der Waals surface area (Å²) in [5.74, 6) is -1.54. The summed E-state index contributed by atoms with van der Waals surface area (Å²) >= 11 is 0. The van der Waals surface area contributed by atoms with Crippen molar-refractivity contribution in [2.24, 2.45) is 5.92 Å². The van der Waals surface area contributed by atoms with Gasteiger partial charge in [0.1, 0.15) is 0 Å². The summed E-state index contributed by atoms with van der Waals surface area (Å²) < 4.78 is 4.58. The zero-order valence-corrected chi connectivity index (χ0v) is 10.3. The molecule has 7 heteroatoms. The lowest BCUT2D eigenvalue weighted by atomic mass is 9.97. The van der Waals surface area contributed by atoms with E-state index in [2.05, 4.69) is 10.1 Å². The second-order valence-corrected chi connectivity index (χ2v) is 4.16. The number of carbonyl (C=O) groups excluding carboxylic acids is 2. The fourth-order valence-electron chi connectivity index (χ4n) is 1.86. The number of amides is 2. The monoisotopic (exact) mass is 258 g/mol. The zero-order valence-electron chi connectivity index (χ0n) is 10.3. The lowest BCUT2D eigenvalue weighted by Gasteiger charge is -2.29. The summed E-state index contributed by atoms with van der Waals surface area (Å²) in [6.45, 7) is 3.05. The molecule has 0 aliphatic carbocycles. The van der Waals surface area contributed by atoms with Crippen LogP contribution in [0.3, 0.4) is 0 Å². The maximum atomic E-state index is 11.4. The Morgan fingerprint density at radius 2 is 1.94 bits per heavy atom. The molecule has 1 aliphatic heterocycles. The first-order valence-corrected chi connectivity index (χ1v) is 5.94. The van der Waals surface area contributed by atoms with Crippen molar-refractivity contribution in [3.63, 3.8) is 0 Å². The smallest absolute Gasteiger partial charge is 0.413 e. The van der Waals surface area contributed by atoms with Crippen LogP contribution in [0.4, 0.5) is 4.79 Å². The van der Waals surface area contributed by atoms with E-state index in [4.69, 9.17) is 5.11 Å². The number of rotatable bonds is 4. The second-order valence-electron chi connectivity index (χ2n) is 4.16. The molecule has 0 aromatic rings. The summed E-state index contributed by atoms with van der Waals surface area (Å²) in [6, 6.07) is 0. The third-order valence-corrected chi connectivity index (χ3v) is 2.82. The highest BCUT2D eigenvalue weighted by atomic mass is 16.5. The molecular weight excluding hydrogens is 240 g/mol. The highest BCUT2D eigenvalue weighted by Crippen LogP contribution is 2.16. The van der Waals surface area contributed by atoms with Crippen molar-refractivity contribution in [2.75, 3.05) is 26.2 Å². The Morgan fingerprint density at radius 3 is 2.44 bits per heavy atom. The van der Waals surface area contributed by atoms with Crippen LogP contribution in [-0.4, -0.2) is 54.2 Å². The summed E-state index contributed by atoms with van der Waals surface area (Å²) in [5, 5.41) is 10.9. The highest BCUT2D eigenvalue weighted by Gasteiger charge is 2.25. The third kappa shape index (κ3) is 4.70. The van der Waals surface area contributed by atoms with E-state index >= 15 is 0 Å². The molecule has 18 heavy (non-hydrogen) atoms. The Bertz CT molecular complexity index is 323. The summed E-state index contributed by atoms with van der Waals surface area (Å²) in [7, 11) is 0. The number of carbonyl (C=O) groups is 3. The topological polar surface area (TPSA) is 95.9 Å². The maximum Gasteiger partial charge on any atom is 0.413 e. The molecule has 0 saturated carbocycles. The van der Waals surface area contributed by atoms with Crippen LogP contribution in [0.15, 0.2) is 0 Å². The van der Waals surface area contributed by atoms with Crippen molar-refractivity contribution in [2.45, 2.75) is 19.8 Å². The lowest BCUT2D eigenvalue weighted by molar-refractivity contribution is -0.143. The fraction of sp³-hybridized carbons (Fsp3) is 0.727. The molecule has 1 heterocycles. The molecule has 2 amide bonds. The predicted octanol–water partition coefficient (Wildman–Crippen LogP) is 0.0557. The van der Waals surface area contributed by atoms with Gasteiger partial charge in [0.25, 0.3) is 0 Å². The van der Waals surface area contributed by atoms with E-state index in [-0.39, 0.29) is 19.1 Å². The number of imide groups is 1. The van der Waals surface area contributed by atoms with Crippen LogP contribution >= 0.6 is 0 Å². The second kappa shape index (κ2) is 6.95. The number of aliphatic carboxylic acids is 1. The zero-order chi connectivity index (χ0) is 13.5. The molecule has 0 spiro atoms. The number of nitrogens with zero attached hydrogens (tertiary/aromatic N) is 1. The molecule has 7 nitrogen and oxygen atoms in total. The first kappa shape index (κ1) is 14.4. The fourth-order valence-corrected chi connectivity index (χ4v) is 1.86. The van der Waals surface area contributed by atoms with Crippen molar-refractivity contribution in [1.82, 2.24) is 10.2 Å². The molecule has 102 valence electrons. The molecule has 1 saturated heterocycles. The van der Waals surface area contributed by atoms with Crippen molar-refractivity contribution in [1.29, 1.82) is 0 Å². The molecule has 1 fully saturated rings. The van der Waals surface area contributed by atoms with Crippen molar-refractivity contribution in [3.05, 3.63) is 0 Å². The van der Waals surface area contributed by atoms with Gasteiger partial charge in [-0.15, -0.1) is 0 Å². The molecule has 2 N–H and O–H groups in total. The highest BCUT2D eigenvalue weighted by molar-refractivity contribution is 5.92. The Labute approximate surface area is 105 Å². The number of piperidine rings is 1. The number of carboxylic acids is 1. The summed E-state index contributed by atoms with van der Waals surface area (Å²) in [5.41, 5.74) is 0. The van der Waals surface area contributed by atoms with Gasteiger partial charge in [-0.2, -0.15) is 0 Å². The van der Waals surface area contributed by atoms with Crippen LogP contribution in [0.25, 0.3) is 0 Å². The molecule has 0 aromatic heterocycles. The predicted molar refractivity (Wildman–Crippen MR) is 62.0 cm³/mol. The lowest BCUT2D eigenvalue weighted by Crippen LogP contribution is -2.44. The van der Waals surface area contributed by atoms with Gasteiger partial charge in [-0.3, -0.25) is 19.8 Å². The van der Waals surface area contributed by atoms with Gasteiger partial charge < -0.3 is 9.84 Å². The van der Waals surface area contributed by atoms with Gasteiger partial charge in [-0.05, 0) is 32.9 Å². The van der Waals surface area contributed by atoms with Gasteiger partial charge in [0, 0.05) is 0 Å². The van der Waals surface area contributed by atoms with Crippen LogP contribution in [0, 0.1) is 5.92 Å². The number of ether oxygens (including phenoxy) is 1. The van der Waals surface area contributed by atoms with Gasteiger partial charge in [0.15, 0.2) is 0 Å². The third-order valence-electron chi connectivity index (χ3n) is 2.82. The van der Waals surface area contributed by atoms with E-state index in [1.54, 1.807) is 6.92 Å². The minimum Gasteiger partial charge on any atom is -0.481 e. The molecule has 0 unspecified atom stereocenters. The molecule has 0 bridgehead atoms. The number of likely N-dealkylation sites (tertiary alicyclic amines) is 1. The van der Waals surface area contributed by atoms with E-state index in [9.17, 15) is 14.4 Å². The number of nitrogens with one attached hydrogen (secondary N) is 1. The van der Waals surface area contributed by atoms with Crippen LogP contribution in [0.2, 0.25) is 0 Å². The largest absolute Gasteiger partial charge is 0.481 e. The van der Waals surface area contributed by atoms with Crippen LogP contribution < -0.4 is 5.32 Å². The summed E-state index contributed by atoms with van der Waals surface area (Å²) in [4.78, 5) is 35.0. The standard InChI is InChI=1S/C11H18N2O5/c1-2-18-11(17)12-9(14)7-13-5-3-8(4-6-13)10(15)16/h8H,2-7H2,1H3,(H,15,16)(H,12,14,17). The van der Waals surface area contributed by atoms with Gasteiger partial charge in [0.2, 0.25) is 5.91 Å². The molecule has 0 atom stereocenters. The van der Waals surface area contributed by atoms with Gasteiger partial charge in [-0.25, -0.2) is 4.79 Å². The van der Waals surface area contributed by atoms with Gasteiger partial charge in [0.05, 0.1) is 19.1 Å².